The molecule has 2 aromatic rings. The Balaban J connectivity index is 1.32. The molecule has 4 aliphatic carbocycles. The third-order valence-corrected chi connectivity index (χ3v) is 10.2. The number of methoxy groups -OCH3 is 1. The van der Waals surface area contributed by atoms with Gasteiger partial charge in [0.25, 0.3) is 0 Å². The van der Waals surface area contributed by atoms with E-state index in [9.17, 15) is 5.11 Å². The maximum absolute atomic E-state index is 10.8. The molecule has 2 aromatic carbocycles. The van der Waals surface area contributed by atoms with Crippen molar-refractivity contribution in [3.05, 3.63) is 59.2 Å². The van der Waals surface area contributed by atoms with Gasteiger partial charge >= 0.3 is 0 Å². The predicted octanol–water partition coefficient (Wildman–Crippen LogP) is 4.05. The second kappa shape index (κ2) is 6.74. The first-order valence-corrected chi connectivity index (χ1v) is 12.4. The van der Waals surface area contributed by atoms with Gasteiger partial charge in [-0.3, -0.25) is 0 Å². The maximum Gasteiger partial charge on any atom is 0.165 e. The largest absolute Gasteiger partial charge is 0.504 e. The van der Waals surface area contributed by atoms with E-state index in [2.05, 4.69) is 42.3 Å². The van der Waals surface area contributed by atoms with Gasteiger partial charge in [0.15, 0.2) is 11.5 Å². The van der Waals surface area contributed by atoms with Gasteiger partial charge in [0.1, 0.15) is 11.7 Å². The van der Waals surface area contributed by atoms with Crippen LogP contribution in [-0.4, -0.2) is 55.1 Å². The number of rotatable bonds is 5. The number of benzene rings is 2. The summed E-state index contributed by atoms with van der Waals surface area (Å²) in [5.74, 6) is 1.29. The quantitative estimate of drug-likeness (QED) is 0.749. The molecule has 5 nitrogen and oxygen atoms in total. The Kier molecular flexibility index (Phi) is 4.15. The third-order valence-electron chi connectivity index (χ3n) is 10.2. The molecule has 0 radical (unpaired) electrons. The minimum absolute atomic E-state index is 0.0682. The highest BCUT2D eigenvalue weighted by atomic mass is 16.6. The van der Waals surface area contributed by atoms with Gasteiger partial charge in [0.05, 0.1) is 13.2 Å². The summed E-state index contributed by atoms with van der Waals surface area (Å²) in [7, 11) is 4.17. The van der Waals surface area contributed by atoms with E-state index in [4.69, 9.17) is 14.2 Å². The van der Waals surface area contributed by atoms with Crippen molar-refractivity contribution in [1.82, 2.24) is 4.90 Å². The van der Waals surface area contributed by atoms with Crippen LogP contribution in [0.15, 0.2) is 42.5 Å². The van der Waals surface area contributed by atoms with E-state index in [1.165, 1.54) is 16.7 Å². The molecule has 6 atom stereocenters. The van der Waals surface area contributed by atoms with Gasteiger partial charge in [-0.15, -0.1) is 0 Å². The fraction of sp³-hybridized carbons (Fsp3) is 0.571. The molecule has 0 aromatic heterocycles. The van der Waals surface area contributed by atoms with Crippen molar-refractivity contribution < 1.29 is 19.3 Å². The number of likely N-dealkylation sites (tertiary alicyclic amines) is 1. The van der Waals surface area contributed by atoms with E-state index in [0.717, 1.165) is 44.4 Å². The summed E-state index contributed by atoms with van der Waals surface area (Å²) in [6.45, 7) is 2.36. The van der Waals surface area contributed by atoms with Crippen LogP contribution in [0.4, 0.5) is 0 Å². The third kappa shape index (κ3) is 2.29. The summed E-state index contributed by atoms with van der Waals surface area (Å²) in [6, 6.07) is 14.9. The van der Waals surface area contributed by atoms with Crippen molar-refractivity contribution in [2.75, 3.05) is 27.3 Å². The van der Waals surface area contributed by atoms with Crippen molar-refractivity contribution in [1.29, 1.82) is 0 Å². The smallest absolute Gasteiger partial charge is 0.165 e. The van der Waals surface area contributed by atoms with E-state index >= 15 is 0 Å². The van der Waals surface area contributed by atoms with Gasteiger partial charge in [0.2, 0.25) is 0 Å². The van der Waals surface area contributed by atoms with Crippen molar-refractivity contribution in [3.63, 3.8) is 0 Å². The van der Waals surface area contributed by atoms with Crippen molar-refractivity contribution in [2.45, 2.75) is 61.9 Å². The van der Waals surface area contributed by atoms with Crippen molar-refractivity contribution >= 4 is 0 Å². The van der Waals surface area contributed by atoms with Gasteiger partial charge in [-0.2, -0.15) is 0 Å². The second-order valence-electron chi connectivity index (χ2n) is 11.1. The number of phenols is 1. The summed E-state index contributed by atoms with van der Waals surface area (Å²) in [5, 5.41) is 10.8. The van der Waals surface area contributed by atoms with E-state index in [-0.39, 0.29) is 34.2 Å². The average Bonchev–Trinajstić information content (AvgIpc) is 3.21. The standard InChI is InChI=1S/C28H33NO4/c1-29-13-12-27-23-19-8-9-21(30)24(23)33-25(27)28(31-2)11-10-26(27,22(29)14-19)15-20(28)17-32-16-18-6-4-3-5-7-18/h3-9,20,22,25,30H,10-17H2,1-2H3/t20-,22-,25?,26-,27+,28-/m1/s1. The number of aromatic hydroxyl groups is 1. The average molecular weight is 448 g/mol. The number of phenolic OH excluding ortho intramolecular Hbond substituents is 1. The first kappa shape index (κ1) is 20.3. The molecule has 3 saturated carbocycles. The first-order valence-electron chi connectivity index (χ1n) is 12.4. The topological polar surface area (TPSA) is 51.2 Å². The Morgan fingerprint density at radius 2 is 1.97 bits per heavy atom. The minimum atomic E-state index is -0.390. The molecular formula is C28H33NO4. The van der Waals surface area contributed by atoms with Gasteiger partial charge in [0, 0.05) is 35.5 Å². The zero-order valence-corrected chi connectivity index (χ0v) is 19.5. The van der Waals surface area contributed by atoms with E-state index < -0.39 is 0 Å². The van der Waals surface area contributed by atoms with Crippen LogP contribution in [0.3, 0.4) is 0 Å². The van der Waals surface area contributed by atoms with Crippen LogP contribution in [0.5, 0.6) is 11.5 Å². The normalized spacial score (nSPS) is 39.9. The summed E-state index contributed by atoms with van der Waals surface area (Å²) < 4.78 is 19.6. The zero-order chi connectivity index (χ0) is 22.4. The summed E-state index contributed by atoms with van der Waals surface area (Å²) in [4.78, 5) is 2.60. The molecule has 2 aliphatic heterocycles. The second-order valence-corrected chi connectivity index (χ2v) is 11.1. The van der Waals surface area contributed by atoms with Crippen LogP contribution < -0.4 is 4.74 Å². The molecule has 174 valence electrons. The lowest BCUT2D eigenvalue weighted by Crippen LogP contribution is -2.81. The molecule has 0 amide bonds. The molecule has 2 spiro atoms. The molecule has 4 bridgehead atoms. The Bertz CT molecular complexity index is 1100. The minimum Gasteiger partial charge on any atom is -0.504 e. The highest BCUT2D eigenvalue weighted by Gasteiger charge is 2.80. The van der Waals surface area contributed by atoms with Crippen LogP contribution >= 0.6 is 0 Å². The SMILES string of the molecule is CO[C@]12CC[C@@]3(C[C@@H]1COCc1ccccc1)[C@H]1Cc4ccc(O)c5c4[C@@]3(CCN1C)C2O5. The highest BCUT2D eigenvalue weighted by Crippen LogP contribution is 2.76. The fourth-order valence-electron chi connectivity index (χ4n) is 8.92. The summed E-state index contributed by atoms with van der Waals surface area (Å²) >= 11 is 0. The molecule has 8 rings (SSSR count). The van der Waals surface area contributed by atoms with Crippen LogP contribution in [0.1, 0.15) is 42.4 Å². The molecule has 5 heteroatoms. The van der Waals surface area contributed by atoms with Crippen molar-refractivity contribution in [3.8, 4) is 11.5 Å². The van der Waals surface area contributed by atoms with Crippen LogP contribution in [-0.2, 0) is 27.9 Å². The number of ether oxygens (including phenoxy) is 3. The Hall–Kier alpha value is -2.08. The van der Waals surface area contributed by atoms with Gasteiger partial charge in [-0.05, 0) is 62.9 Å². The summed E-state index contributed by atoms with van der Waals surface area (Å²) in [6.07, 6.45) is 5.27. The lowest BCUT2D eigenvalue weighted by Gasteiger charge is -2.73. The van der Waals surface area contributed by atoms with Crippen LogP contribution in [0.2, 0.25) is 0 Å². The molecule has 1 N–H and O–H groups in total. The maximum atomic E-state index is 10.8. The number of hydrogen-bond donors (Lipinski definition) is 1. The predicted molar refractivity (Wildman–Crippen MR) is 125 cm³/mol. The first-order chi connectivity index (χ1) is 16.1. The Labute approximate surface area is 195 Å². The molecule has 33 heavy (non-hydrogen) atoms. The molecular weight excluding hydrogens is 414 g/mol. The molecule has 1 saturated heterocycles. The van der Waals surface area contributed by atoms with E-state index in [1.807, 2.05) is 19.2 Å². The summed E-state index contributed by atoms with van der Waals surface area (Å²) in [5.41, 5.74) is 3.55. The van der Waals surface area contributed by atoms with Gasteiger partial charge < -0.3 is 24.2 Å². The Morgan fingerprint density at radius 1 is 1.12 bits per heavy atom. The van der Waals surface area contributed by atoms with E-state index in [0.29, 0.717) is 19.3 Å². The van der Waals surface area contributed by atoms with E-state index in [1.54, 1.807) is 0 Å². The lowest BCUT2D eigenvalue weighted by atomic mass is 9.35. The number of likely N-dealkylation sites (N-methyl/N-ethyl adjacent to an activating group) is 1. The number of nitrogens with zero attached hydrogens (tertiary/aromatic N) is 1. The van der Waals surface area contributed by atoms with Crippen LogP contribution in [0.25, 0.3) is 0 Å². The van der Waals surface area contributed by atoms with Crippen molar-refractivity contribution in [2.24, 2.45) is 11.3 Å². The van der Waals surface area contributed by atoms with Gasteiger partial charge in [-0.1, -0.05) is 36.4 Å². The van der Waals surface area contributed by atoms with Crippen LogP contribution in [0, 0.1) is 11.3 Å². The van der Waals surface area contributed by atoms with Gasteiger partial charge in [-0.25, -0.2) is 0 Å². The Morgan fingerprint density at radius 3 is 2.79 bits per heavy atom. The molecule has 4 fully saturated rings. The molecule has 6 aliphatic rings. The number of hydrogen-bond acceptors (Lipinski definition) is 5. The number of fused-ring (bicyclic) bond motifs is 2. The zero-order valence-electron chi connectivity index (χ0n) is 19.5. The molecule has 1 unspecified atom stereocenters. The fourth-order valence-corrected chi connectivity index (χ4v) is 8.92. The number of piperidine rings is 1. The highest BCUT2D eigenvalue weighted by molar-refractivity contribution is 5.63. The monoisotopic (exact) mass is 447 g/mol. The molecule has 2 heterocycles. The lowest BCUT2D eigenvalue weighted by molar-refractivity contribution is -0.282.